The molecule has 2 aromatic carbocycles. The fourth-order valence-corrected chi connectivity index (χ4v) is 5.19. The molecular formula is C23H29Cl2N3OS2. The molecule has 0 radical (unpaired) electrons. The molecule has 1 amide bonds. The fraction of sp³-hybridized carbons (Fsp3) is 0.391. The number of thioether (sulfide) groups is 1. The average Bonchev–Trinajstić information content (AvgIpc) is 3.12. The van der Waals surface area contributed by atoms with Gasteiger partial charge in [-0.1, -0.05) is 40.6 Å². The first-order chi connectivity index (χ1) is 14.4. The molecule has 8 heteroatoms. The summed E-state index contributed by atoms with van der Waals surface area (Å²) < 4.78 is 1.01. The van der Waals surface area contributed by atoms with Crippen molar-refractivity contribution in [3.63, 3.8) is 0 Å². The highest BCUT2D eigenvalue weighted by Gasteiger charge is 2.19. The van der Waals surface area contributed by atoms with Crippen LogP contribution < -0.4 is 4.90 Å². The molecule has 0 bridgehead atoms. The smallest absolute Gasteiger partial charge is 0.228 e. The standard InChI is InChI=1S/C23H28ClN3OS2.ClH/c1-17-7-10-19(11-8-17)29-15-4-6-22(28)27(14-5-13-26(2)3)23-25-20-12-9-18(24)16-21(20)30-23;/h7-12,16H,4-6,13-15H2,1-3H3;1H. The number of aromatic nitrogens is 1. The van der Waals surface area contributed by atoms with Crippen molar-refractivity contribution in [2.45, 2.75) is 31.1 Å². The van der Waals surface area contributed by atoms with E-state index in [1.807, 2.05) is 37.2 Å². The summed E-state index contributed by atoms with van der Waals surface area (Å²) in [7, 11) is 4.10. The lowest BCUT2D eigenvalue weighted by Crippen LogP contribution is -2.33. The molecule has 0 atom stereocenters. The van der Waals surface area contributed by atoms with Gasteiger partial charge in [0.2, 0.25) is 5.91 Å². The number of aryl methyl sites for hydroxylation is 1. The Morgan fingerprint density at radius 3 is 2.55 bits per heavy atom. The van der Waals surface area contributed by atoms with Gasteiger partial charge in [-0.15, -0.1) is 24.2 Å². The zero-order valence-corrected chi connectivity index (χ0v) is 21.3. The first-order valence-corrected chi connectivity index (χ1v) is 12.3. The molecule has 4 nitrogen and oxygen atoms in total. The molecule has 3 rings (SSSR count). The number of anilines is 1. The van der Waals surface area contributed by atoms with E-state index in [-0.39, 0.29) is 18.3 Å². The summed E-state index contributed by atoms with van der Waals surface area (Å²) in [6.45, 7) is 3.70. The average molecular weight is 499 g/mol. The van der Waals surface area contributed by atoms with Crippen LogP contribution in [0.15, 0.2) is 47.4 Å². The van der Waals surface area contributed by atoms with Gasteiger partial charge in [-0.2, -0.15) is 0 Å². The van der Waals surface area contributed by atoms with E-state index in [2.05, 4.69) is 36.1 Å². The first kappa shape index (κ1) is 25.9. The Labute approximate surface area is 204 Å². The van der Waals surface area contributed by atoms with Gasteiger partial charge in [0.25, 0.3) is 0 Å². The Kier molecular flexibility index (Phi) is 10.6. The van der Waals surface area contributed by atoms with Crippen LogP contribution in [0.3, 0.4) is 0 Å². The van der Waals surface area contributed by atoms with Crippen molar-refractivity contribution in [3.05, 3.63) is 53.1 Å². The lowest BCUT2D eigenvalue weighted by atomic mass is 10.2. The Morgan fingerprint density at radius 2 is 1.84 bits per heavy atom. The molecule has 1 aromatic heterocycles. The van der Waals surface area contributed by atoms with Crippen LogP contribution in [0.25, 0.3) is 10.2 Å². The van der Waals surface area contributed by atoms with Gasteiger partial charge in [0.1, 0.15) is 0 Å². The van der Waals surface area contributed by atoms with Crippen LogP contribution in [0, 0.1) is 6.92 Å². The maximum Gasteiger partial charge on any atom is 0.228 e. The highest BCUT2D eigenvalue weighted by atomic mass is 35.5. The minimum Gasteiger partial charge on any atom is -0.309 e. The molecule has 0 aliphatic rings. The molecule has 0 aliphatic heterocycles. The number of rotatable bonds is 10. The maximum atomic E-state index is 13.1. The first-order valence-electron chi connectivity index (χ1n) is 10.1. The number of fused-ring (bicyclic) bond motifs is 1. The zero-order chi connectivity index (χ0) is 21.5. The normalized spacial score (nSPS) is 11.0. The molecule has 1 heterocycles. The largest absolute Gasteiger partial charge is 0.309 e. The molecular weight excluding hydrogens is 469 g/mol. The second kappa shape index (κ2) is 12.7. The molecule has 0 saturated heterocycles. The van der Waals surface area contributed by atoms with Gasteiger partial charge in [-0.3, -0.25) is 9.69 Å². The zero-order valence-electron chi connectivity index (χ0n) is 18.1. The molecule has 0 N–H and O–H groups in total. The molecule has 0 saturated carbocycles. The molecule has 3 aromatic rings. The molecule has 0 spiro atoms. The third-order valence-electron chi connectivity index (χ3n) is 4.68. The Bertz CT molecular complexity index is 977. The third kappa shape index (κ3) is 7.95. The van der Waals surface area contributed by atoms with Crippen LogP contribution in [0.5, 0.6) is 0 Å². The number of amides is 1. The number of halogens is 2. The number of nitrogens with zero attached hydrogens (tertiary/aromatic N) is 3. The number of benzene rings is 2. The van der Waals surface area contributed by atoms with E-state index in [1.165, 1.54) is 21.8 Å². The van der Waals surface area contributed by atoms with Crippen molar-refractivity contribution in [3.8, 4) is 0 Å². The lowest BCUT2D eigenvalue weighted by Gasteiger charge is -2.21. The Morgan fingerprint density at radius 1 is 1.10 bits per heavy atom. The van der Waals surface area contributed by atoms with Gasteiger partial charge in [0, 0.05) is 22.9 Å². The number of thiazole rings is 1. The summed E-state index contributed by atoms with van der Waals surface area (Å²) in [5.74, 6) is 1.07. The van der Waals surface area contributed by atoms with Gasteiger partial charge >= 0.3 is 0 Å². The number of carbonyl (C=O) groups is 1. The molecule has 0 unspecified atom stereocenters. The second-order valence-corrected chi connectivity index (χ2v) is 10.2. The van der Waals surface area contributed by atoms with E-state index in [4.69, 9.17) is 16.6 Å². The van der Waals surface area contributed by atoms with Crippen LogP contribution in [0.1, 0.15) is 24.8 Å². The highest BCUT2D eigenvalue weighted by Crippen LogP contribution is 2.31. The quantitative estimate of drug-likeness (QED) is 0.235. The predicted molar refractivity (Wildman–Crippen MR) is 139 cm³/mol. The van der Waals surface area contributed by atoms with Crippen molar-refractivity contribution in [2.75, 3.05) is 37.8 Å². The van der Waals surface area contributed by atoms with E-state index >= 15 is 0 Å². The van der Waals surface area contributed by atoms with Gasteiger partial charge < -0.3 is 4.90 Å². The molecule has 0 fully saturated rings. The van der Waals surface area contributed by atoms with Crippen molar-refractivity contribution in [2.24, 2.45) is 0 Å². The summed E-state index contributed by atoms with van der Waals surface area (Å²) in [6.07, 6.45) is 2.28. The van der Waals surface area contributed by atoms with Crippen LogP contribution in [-0.2, 0) is 4.79 Å². The van der Waals surface area contributed by atoms with E-state index in [0.717, 1.165) is 40.5 Å². The van der Waals surface area contributed by atoms with Crippen molar-refractivity contribution >= 4 is 68.4 Å². The maximum absolute atomic E-state index is 13.1. The van der Waals surface area contributed by atoms with E-state index in [1.54, 1.807) is 11.8 Å². The van der Waals surface area contributed by atoms with E-state index < -0.39 is 0 Å². The SMILES string of the molecule is Cc1ccc(SCCCC(=O)N(CCCN(C)C)c2nc3ccc(Cl)cc3s2)cc1.Cl. The number of hydrogen-bond acceptors (Lipinski definition) is 5. The second-order valence-electron chi connectivity index (χ2n) is 7.58. The van der Waals surface area contributed by atoms with E-state index in [9.17, 15) is 4.79 Å². The predicted octanol–water partition coefficient (Wildman–Crippen LogP) is 6.54. The Balaban J connectivity index is 0.00000341. The third-order valence-corrected chi connectivity index (χ3v) is 7.06. The van der Waals surface area contributed by atoms with Crippen molar-refractivity contribution < 1.29 is 4.79 Å². The Hall–Kier alpha value is -1.31. The molecule has 168 valence electrons. The van der Waals surface area contributed by atoms with E-state index in [0.29, 0.717) is 18.0 Å². The number of carbonyl (C=O) groups excluding carboxylic acids is 1. The van der Waals surface area contributed by atoms with Gasteiger partial charge in [0.05, 0.1) is 10.2 Å². The van der Waals surface area contributed by atoms with Gasteiger partial charge in [-0.25, -0.2) is 4.98 Å². The topological polar surface area (TPSA) is 36.4 Å². The van der Waals surface area contributed by atoms with Crippen LogP contribution in [-0.4, -0.2) is 48.7 Å². The van der Waals surface area contributed by atoms with Gasteiger partial charge in [-0.05, 0) is 76.5 Å². The minimum atomic E-state index is 0. The number of hydrogen-bond donors (Lipinski definition) is 0. The highest BCUT2D eigenvalue weighted by molar-refractivity contribution is 7.99. The van der Waals surface area contributed by atoms with Crippen LogP contribution >= 0.6 is 47.1 Å². The van der Waals surface area contributed by atoms with Crippen LogP contribution in [0.4, 0.5) is 5.13 Å². The van der Waals surface area contributed by atoms with Crippen molar-refractivity contribution in [1.29, 1.82) is 0 Å². The summed E-state index contributed by atoms with van der Waals surface area (Å²) in [6, 6.07) is 14.2. The monoisotopic (exact) mass is 497 g/mol. The molecule has 0 aliphatic carbocycles. The van der Waals surface area contributed by atoms with Crippen molar-refractivity contribution in [1.82, 2.24) is 9.88 Å². The fourth-order valence-electron chi connectivity index (χ4n) is 3.06. The van der Waals surface area contributed by atoms with Crippen LogP contribution in [0.2, 0.25) is 5.02 Å². The van der Waals surface area contributed by atoms with Gasteiger partial charge in [0.15, 0.2) is 5.13 Å². The summed E-state index contributed by atoms with van der Waals surface area (Å²) in [5.41, 5.74) is 2.15. The minimum absolute atomic E-state index is 0. The summed E-state index contributed by atoms with van der Waals surface area (Å²) >= 11 is 9.46. The summed E-state index contributed by atoms with van der Waals surface area (Å²) in [5, 5.41) is 1.46. The summed E-state index contributed by atoms with van der Waals surface area (Å²) in [4.78, 5) is 23.0. The lowest BCUT2D eigenvalue weighted by molar-refractivity contribution is -0.118. The molecule has 31 heavy (non-hydrogen) atoms.